The smallest absolute Gasteiger partial charge is 0.305 e. The Morgan fingerprint density at radius 1 is 1.23 bits per heavy atom. The number of carbonyl (C=O) groups excluding carboxylic acids is 2. The van der Waals surface area contributed by atoms with Gasteiger partial charge in [-0.05, 0) is 25.3 Å². The number of nitrogens with zero attached hydrogens (tertiary/aromatic N) is 1. The van der Waals surface area contributed by atoms with Crippen LogP contribution in [0.1, 0.15) is 25.3 Å². The van der Waals surface area contributed by atoms with E-state index in [0.717, 1.165) is 6.42 Å². The van der Waals surface area contributed by atoms with Crippen LogP contribution in [0.25, 0.3) is 0 Å². The lowest BCUT2D eigenvalue weighted by Crippen LogP contribution is -2.43. The average Bonchev–Trinajstić information content (AvgIpc) is 2.52. The van der Waals surface area contributed by atoms with Crippen LogP contribution in [0.4, 0.5) is 0 Å². The maximum atomic E-state index is 12.4. The maximum Gasteiger partial charge on any atom is 0.305 e. The molecule has 0 saturated carbocycles. The fourth-order valence-corrected chi connectivity index (χ4v) is 2.69. The van der Waals surface area contributed by atoms with Crippen molar-refractivity contribution in [3.8, 4) is 0 Å². The molecule has 1 aromatic carbocycles. The van der Waals surface area contributed by atoms with E-state index in [1.807, 2.05) is 31.3 Å². The van der Waals surface area contributed by atoms with Crippen LogP contribution >= 0.6 is 0 Å². The summed E-state index contributed by atoms with van der Waals surface area (Å²) in [5, 5.41) is 0. The minimum absolute atomic E-state index is 0.0766. The second-order valence-electron chi connectivity index (χ2n) is 5.54. The predicted molar refractivity (Wildman–Crippen MR) is 85.2 cm³/mol. The van der Waals surface area contributed by atoms with E-state index >= 15 is 0 Å². The van der Waals surface area contributed by atoms with Gasteiger partial charge in [-0.3, -0.25) is 9.59 Å². The molecule has 0 fully saturated rings. The van der Waals surface area contributed by atoms with Crippen molar-refractivity contribution in [2.24, 2.45) is 5.92 Å². The third kappa shape index (κ3) is 4.20. The molecular weight excluding hydrogens is 278 g/mol. The Morgan fingerprint density at radius 3 is 2.64 bits per heavy atom. The van der Waals surface area contributed by atoms with E-state index in [9.17, 15) is 9.59 Å². The van der Waals surface area contributed by atoms with Gasteiger partial charge >= 0.3 is 5.97 Å². The first-order valence-corrected chi connectivity index (χ1v) is 7.76. The third-order valence-electron chi connectivity index (χ3n) is 3.98. The van der Waals surface area contributed by atoms with Crippen LogP contribution < -0.4 is 0 Å². The summed E-state index contributed by atoms with van der Waals surface area (Å²) in [6, 6.07) is 10.2. The summed E-state index contributed by atoms with van der Waals surface area (Å²) >= 11 is 0. The number of carbonyl (C=O) groups is 2. The van der Waals surface area contributed by atoms with E-state index < -0.39 is 0 Å². The number of hydrogen-bond donors (Lipinski definition) is 0. The molecule has 1 aromatic rings. The van der Waals surface area contributed by atoms with Crippen LogP contribution in [0.3, 0.4) is 0 Å². The first kappa shape index (κ1) is 16.3. The van der Waals surface area contributed by atoms with Gasteiger partial charge in [0.1, 0.15) is 0 Å². The van der Waals surface area contributed by atoms with Crippen molar-refractivity contribution in [1.82, 2.24) is 4.90 Å². The minimum atomic E-state index is -0.238. The lowest BCUT2D eigenvalue weighted by Gasteiger charge is -2.32. The minimum Gasteiger partial charge on any atom is -0.466 e. The number of likely N-dealkylation sites (N-methyl/N-ethyl adjacent to an activating group) is 1. The molecule has 2 atom stereocenters. The van der Waals surface area contributed by atoms with Gasteiger partial charge in [-0.25, -0.2) is 0 Å². The van der Waals surface area contributed by atoms with Crippen molar-refractivity contribution in [3.05, 3.63) is 48.0 Å². The summed E-state index contributed by atoms with van der Waals surface area (Å²) in [4.78, 5) is 25.6. The Labute approximate surface area is 131 Å². The maximum absolute atomic E-state index is 12.4. The van der Waals surface area contributed by atoms with E-state index in [2.05, 4.69) is 18.2 Å². The average molecular weight is 301 g/mol. The highest BCUT2D eigenvalue weighted by molar-refractivity contribution is 5.82. The standard InChI is InChI=1S/C18H23NO3/c1-3-22-17(20)12-10-15-9-11-16(19(2)18(15)21)13-14-7-5-4-6-8-14/h4-9,11,15-16H,3,10,12-13H2,1-2H3/t15-,16+/m0/s1. The normalized spacial score (nSPS) is 21.0. The Hall–Kier alpha value is -2.10. The van der Waals surface area contributed by atoms with Crippen LogP contribution in [0.15, 0.2) is 42.5 Å². The van der Waals surface area contributed by atoms with E-state index in [-0.39, 0.29) is 30.3 Å². The predicted octanol–water partition coefficient (Wildman–Crippen LogP) is 2.59. The van der Waals surface area contributed by atoms with Crippen LogP contribution in [0, 0.1) is 5.92 Å². The zero-order valence-corrected chi connectivity index (χ0v) is 13.2. The highest BCUT2D eigenvalue weighted by Gasteiger charge is 2.29. The van der Waals surface area contributed by atoms with Gasteiger partial charge in [0.15, 0.2) is 0 Å². The zero-order valence-electron chi connectivity index (χ0n) is 13.2. The van der Waals surface area contributed by atoms with E-state index in [1.54, 1.807) is 11.8 Å². The van der Waals surface area contributed by atoms with Crippen molar-refractivity contribution >= 4 is 11.9 Å². The molecule has 0 aliphatic carbocycles. The summed E-state index contributed by atoms with van der Waals surface area (Å²) in [5.41, 5.74) is 1.21. The highest BCUT2D eigenvalue weighted by atomic mass is 16.5. The SMILES string of the molecule is CCOC(=O)CC[C@@H]1C=C[C@H](Cc2ccccc2)N(C)C1=O. The van der Waals surface area contributed by atoms with E-state index in [1.165, 1.54) is 5.56 Å². The summed E-state index contributed by atoms with van der Waals surface area (Å²) in [5.74, 6) is -0.382. The topological polar surface area (TPSA) is 46.6 Å². The molecule has 0 N–H and O–H groups in total. The largest absolute Gasteiger partial charge is 0.466 e. The van der Waals surface area contributed by atoms with Crippen molar-refractivity contribution in [2.45, 2.75) is 32.2 Å². The monoisotopic (exact) mass is 301 g/mol. The highest BCUT2D eigenvalue weighted by Crippen LogP contribution is 2.22. The lowest BCUT2D eigenvalue weighted by atomic mass is 9.93. The molecule has 1 aliphatic heterocycles. The lowest BCUT2D eigenvalue weighted by molar-refractivity contribution is -0.143. The van der Waals surface area contributed by atoms with Crippen molar-refractivity contribution < 1.29 is 14.3 Å². The Balaban J connectivity index is 1.94. The first-order valence-electron chi connectivity index (χ1n) is 7.76. The van der Waals surface area contributed by atoms with Gasteiger partial charge in [0.2, 0.25) is 5.91 Å². The Morgan fingerprint density at radius 2 is 1.95 bits per heavy atom. The summed E-state index contributed by atoms with van der Waals surface area (Å²) in [6.45, 7) is 2.16. The van der Waals surface area contributed by atoms with Gasteiger partial charge < -0.3 is 9.64 Å². The number of benzene rings is 1. The second-order valence-corrected chi connectivity index (χ2v) is 5.54. The number of hydrogen-bond acceptors (Lipinski definition) is 3. The van der Waals surface area contributed by atoms with E-state index in [4.69, 9.17) is 4.74 Å². The van der Waals surface area contributed by atoms with Crippen LogP contribution in [-0.2, 0) is 20.7 Å². The Bertz CT molecular complexity index is 539. The number of esters is 1. The van der Waals surface area contributed by atoms with Gasteiger partial charge in [-0.15, -0.1) is 0 Å². The molecule has 118 valence electrons. The molecule has 1 amide bonds. The molecule has 4 heteroatoms. The van der Waals surface area contributed by atoms with Crippen molar-refractivity contribution in [1.29, 1.82) is 0 Å². The Kier molecular flexibility index (Phi) is 5.75. The molecule has 4 nitrogen and oxygen atoms in total. The molecule has 0 unspecified atom stereocenters. The molecular formula is C18H23NO3. The molecule has 1 aliphatic rings. The number of rotatable bonds is 6. The molecule has 0 radical (unpaired) electrons. The molecule has 0 aromatic heterocycles. The van der Waals surface area contributed by atoms with Gasteiger partial charge in [0, 0.05) is 13.5 Å². The molecule has 2 rings (SSSR count). The molecule has 0 spiro atoms. The van der Waals surface area contributed by atoms with Crippen LogP contribution in [0.2, 0.25) is 0 Å². The quantitative estimate of drug-likeness (QED) is 0.599. The first-order chi connectivity index (χ1) is 10.6. The molecule has 22 heavy (non-hydrogen) atoms. The number of amides is 1. The van der Waals surface area contributed by atoms with Gasteiger partial charge in [0.25, 0.3) is 0 Å². The fraction of sp³-hybridized carbons (Fsp3) is 0.444. The third-order valence-corrected chi connectivity index (χ3v) is 3.98. The van der Waals surface area contributed by atoms with Gasteiger partial charge in [0.05, 0.1) is 18.6 Å². The summed E-state index contributed by atoms with van der Waals surface area (Å²) in [7, 11) is 1.83. The summed E-state index contributed by atoms with van der Waals surface area (Å²) in [6.07, 6.45) is 5.62. The fourth-order valence-electron chi connectivity index (χ4n) is 2.69. The number of ether oxygens (including phenoxy) is 1. The van der Waals surface area contributed by atoms with Crippen molar-refractivity contribution in [3.63, 3.8) is 0 Å². The van der Waals surface area contributed by atoms with Crippen molar-refractivity contribution in [2.75, 3.05) is 13.7 Å². The van der Waals surface area contributed by atoms with E-state index in [0.29, 0.717) is 13.0 Å². The zero-order chi connectivity index (χ0) is 15.9. The molecule has 0 saturated heterocycles. The van der Waals surface area contributed by atoms with Gasteiger partial charge in [-0.2, -0.15) is 0 Å². The van der Waals surface area contributed by atoms with Crippen LogP contribution in [-0.4, -0.2) is 36.5 Å². The molecule has 0 bridgehead atoms. The van der Waals surface area contributed by atoms with Crippen LogP contribution in [0.5, 0.6) is 0 Å². The summed E-state index contributed by atoms with van der Waals surface area (Å²) < 4.78 is 4.91. The molecule has 1 heterocycles. The second kappa shape index (κ2) is 7.78. The van der Waals surface area contributed by atoms with Gasteiger partial charge in [-0.1, -0.05) is 42.5 Å².